The third-order valence-electron chi connectivity index (χ3n) is 2.92. The predicted molar refractivity (Wildman–Crippen MR) is 62.5 cm³/mol. The lowest BCUT2D eigenvalue weighted by molar-refractivity contribution is 0.0253. The first kappa shape index (κ1) is 13.9. The molecular formula is C12H27NO. The van der Waals surface area contributed by atoms with Crippen molar-refractivity contribution in [1.82, 2.24) is 4.90 Å². The van der Waals surface area contributed by atoms with E-state index in [1.54, 1.807) is 0 Å². The van der Waals surface area contributed by atoms with Crippen molar-refractivity contribution < 1.29 is 5.11 Å². The molecule has 2 nitrogen and oxygen atoms in total. The van der Waals surface area contributed by atoms with Crippen LogP contribution in [0.25, 0.3) is 0 Å². The van der Waals surface area contributed by atoms with E-state index in [2.05, 4.69) is 46.6 Å². The topological polar surface area (TPSA) is 23.5 Å². The molecule has 0 aromatic heterocycles. The molecule has 86 valence electrons. The van der Waals surface area contributed by atoms with Crippen LogP contribution >= 0.6 is 0 Å². The Bertz CT molecular complexity index is 151. The monoisotopic (exact) mass is 201 g/mol. The molecule has 0 radical (unpaired) electrons. The van der Waals surface area contributed by atoms with E-state index < -0.39 is 0 Å². The van der Waals surface area contributed by atoms with Gasteiger partial charge in [-0.25, -0.2) is 0 Å². The van der Waals surface area contributed by atoms with Crippen LogP contribution < -0.4 is 0 Å². The number of rotatable bonds is 5. The van der Waals surface area contributed by atoms with Gasteiger partial charge in [-0.3, -0.25) is 0 Å². The Kier molecular flexibility index (Phi) is 5.68. The molecule has 0 spiro atoms. The van der Waals surface area contributed by atoms with Crippen molar-refractivity contribution in [2.24, 2.45) is 5.41 Å². The maximum atomic E-state index is 9.93. The quantitative estimate of drug-likeness (QED) is 0.739. The van der Waals surface area contributed by atoms with Gasteiger partial charge in [-0.05, 0) is 25.8 Å². The van der Waals surface area contributed by atoms with Crippen molar-refractivity contribution in [3.63, 3.8) is 0 Å². The minimum absolute atomic E-state index is 0.0137. The van der Waals surface area contributed by atoms with Crippen molar-refractivity contribution in [2.75, 3.05) is 13.6 Å². The fraction of sp³-hybridized carbons (Fsp3) is 1.00. The number of hydrogen-bond acceptors (Lipinski definition) is 2. The smallest absolute Gasteiger partial charge is 0.0715 e. The van der Waals surface area contributed by atoms with E-state index in [0.29, 0.717) is 6.04 Å². The average Bonchev–Trinajstić information content (AvgIpc) is 2.02. The zero-order valence-electron chi connectivity index (χ0n) is 10.7. The van der Waals surface area contributed by atoms with Gasteiger partial charge in [0.15, 0.2) is 0 Å². The molecule has 0 aromatic rings. The fourth-order valence-electron chi connectivity index (χ4n) is 1.36. The summed E-state index contributed by atoms with van der Waals surface area (Å²) in [4.78, 5) is 2.25. The Labute approximate surface area is 89.3 Å². The Morgan fingerprint density at radius 1 is 1.29 bits per heavy atom. The number of aliphatic hydroxyl groups is 1. The summed E-state index contributed by atoms with van der Waals surface area (Å²) in [5.41, 5.74) is -0.0137. The highest BCUT2D eigenvalue weighted by molar-refractivity contribution is 4.77. The zero-order chi connectivity index (χ0) is 11.4. The molecule has 0 bridgehead atoms. The van der Waals surface area contributed by atoms with Crippen LogP contribution in [0.5, 0.6) is 0 Å². The molecule has 0 aliphatic rings. The lowest BCUT2D eigenvalue weighted by Gasteiger charge is -2.32. The van der Waals surface area contributed by atoms with Crippen molar-refractivity contribution in [1.29, 1.82) is 0 Å². The molecule has 1 N–H and O–H groups in total. The molecule has 14 heavy (non-hydrogen) atoms. The highest BCUT2D eigenvalue weighted by atomic mass is 16.3. The van der Waals surface area contributed by atoms with Gasteiger partial charge in [-0.15, -0.1) is 0 Å². The summed E-state index contributed by atoms with van der Waals surface area (Å²) >= 11 is 0. The summed E-state index contributed by atoms with van der Waals surface area (Å²) in [5, 5.41) is 9.93. The van der Waals surface area contributed by atoms with Gasteiger partial charge in [0.2, 0.25) is 0 Å². The Balaban J connectivity index is 3.99. The van der Waals surface area contributed by atoms with Crippen LogP contribution in [-0.2, 0) is 0 Å². The molecule has 2 atom stereocenters. The highest BCUT2D eigenvalue weighted by Gasteiger charge is 2.24. The standard InChI is InChI=1S/C12H27NO/c1-7-8-10(2)13(6)9-11(14)12(3,4)5/h10-11,14H,7-9H2,1-6H3. The van der Waals surface area contributed by atoms with E-state index in [9.17, 15) is 5.11 Å². The predicted octanol–water partition coefficient (Wildman–Crippen LogP) is 2.51. The molecule has 2 heteroatoms. The highest BCUT2D eigenvalue weighted by Crippen LogP contribution is 2.20. The molecule has 2 unspecified atom stereocenters. The van der Waals surface area contributed by atoms with Crippen LogP contribution in [0.3, 0.4) is 0 Å². The maximum absolute atomic E-state index is 9.93. The van der Waals surface area contributed by atoms with Gasteiger partial charge in [0.1, 0.15) is 0 Å². The molecule has 0 rings (SSSR count). The number of likely N-dealkylation sites (N-methyl/N-ethyl adjacent to an activating group) is 1. The lowest BCUT2D eigenvalue weighted by atomic mass is 9.88. The number of aliphatic hydroxyl groups excluding tert-OH is 1. The van der Waals surface area contributed by atoms with Crippen LogP contribution in [-0.4, -0.2) is 35.7 Å². The van der Waals surface area contributed by atoms with E-state index in [1.165, 1.54) is 12.8 Å². The van der Waals surface area contributed by atoms with E-state index >= 15 is 0 Å². The summed E-state index contributed by atoms with van der Waals surface area (Å²) in [6.07, 6.45) is 2.16. The molecule has 0 saturated carbocycles. The van der Waals surface area contributed by atoms with Crippen LogP contribution in [0, 0.1) is 5.41 Å². The van der Waals surface area contributed by atoms with Gasteiger partial charge in [0.25, 0.3) is 0 Å². The molecular weight excluding hydrogens is 174 g/mol. The molecule has 0 aromatic carbocycles. The van der Waals surface area contributed by atoms with Crippen molar-refractivity contribution in [3.05, 3.63) is 0 Å². The summed E-state index contributed by atoms with van der Waals surface area (Å²) < 4.78 is 0. The van der Waals surface area contributed by atoms with E-state index in [0.717, 1.165) is 6.54 Å². The van der Waals surface area contributed by atoms with Crippen LogP contribution in [0.2, 0.25) is 0 Å². The molecule has 0 heterocycles. The number of hydrogen-bond donors (Lipinski definition) is 1. The average molecular weight is 201 g/mol. The Morgan fingerprint density at radius 3 is 2.14 bits per heavy atom. The zero-order valence-corrected chi connectivity index (χ0v) is 10.7. The Morgan fingerprint density at radius 2 is 1.79 bits per heavy atom. The summed E-state index contributed by atoms with van der Waals surface area (Å²) in [6.45, 7) is 11.4. The summed E-state index contributed by atoms with van der Waals surface area (Å²) in [5.74, 6) is 0. The number of nitrogens with zero attached hydrogens (tertiary/aromatic N) is 1. The van der Waals surface area contributed by atoms with E-state index in [1.807, 2.05) is 0 Å². The largest absolute Gasteiger partial charge is 0.391 e. The van der Waals surface area contributed by atoms with Crippen LogP contribution in [0.4, 0.5) is 0 Å². The van der Waals surface area contributed by atoms with Crippen LogP contribution in [0.1, 0.15) is 47.5 Å². The second kappa shape index (κ2) is 5.72. The van der Waals surface area contributed by atoms with Gasteiger partial charge in [0.05, 0.1) is 6.10 Å². The van der Waals surface area contributed by atoms with Gasteiger partial charge >= 0.3 is 0 Å². The second-order valence-electron chi connectivity index (χ2n) is 5.46. The molecule has 0 fully saturated rings. The first-order valence-corrected chi connectivity index (χ1v) is 5.67. The van der Waals surface area contributed by atoms with E-state index in [-0.39, 0.29) is 11.5 Å². The minimum Gasteiger partial charge on any atom is -0.391 e. The normalized spacial score (nSPS) is 17.1. The van der Waals surface area contributed by atoms with Gasteiger partial charge in [0, 0.05) is 12.6 Å². The minimum atomic E-state index is -0.244. The van der Waals surface area contributed by atoms with Crippen molar-refractivity contribution >= 4 is 0 Å². The Hall–Kier alpha value is -0.0800. The van der Waals surface area contributed by atoms with Gasteiger partial charge in [-0.2, -0.15) is 0 Å². The fourth-order valence-corrected chi connectivity index (χ4v) is 1.36. The lowest BCUT2D eigenvalue weighted by Crippen LogP contribution is -2.41. The summed E-state index contributed by atoms with van der Waals surface area (Å²) in [6, 6.07) is 0.567. The van der Waals surface area contributed by atoms with Crippen LogP contribution in [0.15, 0.2) is 0 Å². The first-order chi connectivity index (χ1) is 6.29. The molecule has 0 amide bonds. The maximum Gasteiger partial charge on any atom is 0.0715 e. The second-order valence-corrected chi connectivity index (χ2v) is 5.46. The first-order valence-electron chi connectivity index (χ1n) is 5.67. The van der Waals surface area contributed by atoms with E-state index in [4.69, 9.17) is 0 Å². The summed E-state index contributed by atoms with van der Waals surface area (Å²) in [7, 11) is 2.09. The molecule has 0 aliphatic heterocycles. The van der Waals surface area contributed by atoms with Crippen molar-refractivity contribution in [3.8, 4) is 0 Å². The van der Waals surface area contributed by atoms with Gasteiger partial charge < -0.3 is 10.0 Å². The molecule has 0 aliphatic carbocycles. The van der Waals surface area contributed by atoms with Gasteiger partial charge in [-0.1, -0.05) is 34.1 Å². The third-order valence-corrected chi connectivity index (χ3v) is 2.92. The van der Waals surface area contributed by atoms with Crippen molar-refractivity contribution in [2.45, 2.75) is 59.6 Å². The SMILES string of the molecule is CCCC(C)N(C)CC(O)C(C)(C)C. The molecule has 0 saturated heterocycles. The third kappa shape index (κ3) is 4.97.